The van der Waals surface area contributed by atoms with E-state index < -0.39 is 30.3 Å². The normalized spacial score (nSPS) is 16.1. The molecule has 1 amide bonds. The Kier molecular flexibility index (Phi) is 10.9. The number of hydrogen-bond acceptors (Lipinski definition) is 9. The lowest BCUT2D eigenvalue weighted by atomic mass is 9.92. The maximum atomic E-state index is 13.3. The van der Waals surface area contributed by atoms with E-state index in [1.165, 1.54) is 26.3 Å². The van der Waals surface area contributed by atoms with Gasteiger partial charge in [0, 0.05) is 19.2 Å². The molecule has 0 aliphatic heterocycles. The minimum atomic E-state index is -1.39. The van der Waals surface area contributed by atoms with Gasteiger partial charge in [0.05, 0.1) is 13.7 Å². The van der Waals surface area contributed by atoms with Gasteiger partial charge in [0.2, 0.25) is 6.79 Å². The molecule has 39 heavy (non-hydrogen) atoms. The van der Waals surface area contributed by atoms with Gasteiger partial charge >= 0.3 is 5.97 Å². The van der Waals surface area contributed by atoms with Crippen molar-refractivity contribution in [2.75, 3.05) is 20.5 Å². The van der Waals surface area contributed by atoms with Gasteiger partial charge in [-0.3, -0.25) is 9.59 Å². The summed E-state index contributed by atoms with van der Waals surface area (Å²) in [5, 5.41) is 2.70. The Balaban J connectivity index is 1.76. The lowest BCUT2D eigenvalue weighted by Gasteiger charge is -2.32. The monoisotopic (exact) mass is 540 g/mol. The molecule has 1 aliphatic rings. The Hall–Kier alpha value is -3.92. The number of rotatable bonds is 14. The van der Waals surface area contributed by atoms with Crippen molar-refractivity contribution in [3.8, 4) is 17.2 Å². The second kappa shape index (κ2) is 14.3. The highest BCUT2D eigenvalue weighted by Crippen LogP contribution is 2.30. The number of pyridine rings is 1. The predicted octanol–water partition coefficient (Wildman–Crippen LogP) is 4.03. The summed E-state index contributed by atoms with van der Waals surface area (Å²) < 4.78 is 28.0. The number of allylic oxidation sites excluding steroid dienone is 1. The number of hydrogen-bond donors (Lipinski definition) is 1. The molecular formula is C29H36N2O8. The summed E-state index contributed by atoms with van der Waals surface area (Å²) in [5.41, 5.74) is -0.420. The molecule has 210 valence electrons. The number of nitrogens with one attached hydrogen (secondary N) is 1. The topological polar surface area (TPSA) is 122 Å². The van der Waals surface area contributed by atoms with Crippen molar-refractivity contribution in [2.24, 2.45) is 0 Å². The molecule has 0 fully saturated rings. The third-order valence-corrected chi connectivity index (χ3v) is 6.17. The molecule has 10 heteroatoms. The fourth-order valence-corrected chi connectivity index (χ4v) is 4.19. The van der Waals surface area contributed by atoms with Gasteiger partial charge in [-0.15, -0.1) is 0 Å². The number of carbonyl (C=O) groups is 3. The van der Waals surface area contributed by atoms with Crippen molar-refractivity contribution in [3.63, 3.8) is 0 Å². The van der Waals surface area contributed by atoms with Crippen LogP contribution in [0.25, 0.3) is 0 Å². The van der Waals surface area contributed by atoms with Gasteiger partial charge in [0.25, 0.3) is 5.91 Å². The van der Waals surface area contributed by atoms with Crippen molar-refractivity contribution in [2.45, 2.75) is 64.2 Å². The van der Waals surface area contributed by atoms with Gasteiger partial charge in [-0.2, -0.15) is 0 Å². The average molecular weight is 541 g/mol. The van der Waals surface area contributed by atoms with E-state index in [0.29, 0.717) is 12.0 Å². The zero-order valence-corrected chi connectivity index (χ0v) is 22.8. The van der Waals surface area contributed by atoms with Crippen molar-refractivity contribution in [1.82, 2.24) is 10.3 Å². The second-order valence-electron chi connectivity index (χ2n) is 9.47. The lowest BCUT2D eigenvalue weighted by Crippen LogP contribution is -2.52. The molecule has 3 atom stereocenters. The Morgan fingerprint density at radius 2 is 1.95 bits per heavy atom. The molecule has 3 rings (SSSR count). The quantitative estimate of drug-likeness (QED) is 0.164. The molecular weight excluding hydrogens is 504 g/mol. The lowest BCUT2D eigenvalue weighted by molar-refractivity contribution is -0.147. The zero-order valence-electron chi connectivity index (χ0n) is 22.8. The first-order chi connectivity index (χ1) is 18.8. The van der Waals surface area contributed by atoms with Crippen LogP contribution >= 0.6 is 0 Å². The number of aromatic nitrogens is 1. The van der Waals surface area contributed by atoms with Crippen LogP contribution in [-0.4, -0.2) is 61.4 Å². The average Bonchev–Trinajstić information content (AvgIpc) is 2.94. The van der Waals surface area contributed by atoms with Crippen molar-refractivity contribution in [1.29, 1.82) is 0 Å². The first-order valence-electron chi connectivity index (χ1n) is 12.9. The van der Waals surface area contributed by atoms with Gasteiger partial charge in [-0.05, 0) is 57.2 Å². The van der Waals surface area contributed by atoms with E-state index in [2.05, 4.69) is 16.4 Å². The summed E-state index contributed by atoms with van der Waals surface area (Å²) in [6.45, 7) is 4.17. The van der Waals surface area contributed by atoms with Crippen molar-refractivity contribution >= 4 is 18.2 Å². The van der Waals surface area contributed by atoms with Gasteiger partial charge < -0.3 is 33.8 Å². The van der Waals surface area contributed by atoms with Crippen LogP contribution in [0.15, 0.2) is 54.2 Å². The van der Waals surface area contributed by atoms with Crippen LogP contribution in [-0.2, 0) is 19.1 Å². The fraction of sp³-hybridized carbons (Fsp3) is 0.448. The predicted molar refractivity (Wildman–Crippen MR) is 143 cm³/mol. The van der Waals surface area contributed by atoms with Gasteiger partial charge in [-0.25, -0.2) is 4.98 Å². The minimum Gasteiger partial charge on any atom is -0.493 e. The van der Waals surface area contributed by atoms with Crippen LogP contribution in [0.1, 0.15) is 56.9 Å². The number of aldehydes is 1. The smallest absolute Gasteiger partial charge is 0.305 e. The molecule has 0 bridgehead atoms. The zero-order chi connectivity index (χ0) is 28.3. The van der Waals surface area contributed by atoms with Gasteiger partial charge in [0.15, 0.2) is 17.2 Å². The summed E-state index contributed by atoms with van der Waals surface area (Å²) >= 11 is 0. The molecule has 1 N–H and O–H groups in total. The summed E-state index contributed by atoms with van der Waals surface area (Å²) in [7, 11) is 1.40. The highest BCUT2D eigenvalue weighted by atomic mass is 16.7. The van der Waals surface area contributed by atoms with E-state index in [1.54, 1.807) is 6.92 Å². The Morgan fingerprint density at radius 3 is 2.59 bits per heavy atom. The van der Waals surface area contributed by atoms with Gasteiger partial charge in [0.1, 0.15) is 29.8 Å². The first-order valence-corrected chi connectivity index (χ1v) is 12.9. The van der Waals surface area contributed by atoms with E-state index in [0.717, 1.165) is 31.3 Å². The number of esters is 1. The SMILES string of the molecule is COc1ccnc(C(=O)N[C@](C)(C=O)CO[C@@H](C2=CCCCC2)[C@H](C)Oc2ccccc2)c1OCOC(C)=O. The largest absolute Gasteiger partial charge is 0.493 e. The number of carbonyl (C=O) groups excluding carboxylic acids is 3. The standard InChI is InChI=1S/C29H36N2O8/c1-20(39-23-13-9-6-10-14-23)26(22-11-7-5-8-12-22)36-18-29(3,17-32)31-28(34)25-27(38-19-37-21(2)33)24(35-4)15-16-30-25/h6,9-11,13-17,20,26H,5,7-8,12,18-19H2,1-4H3,(H,31,34)/t20-,26+,29+/m0/s1. The van der Waals surface area contributed by atoms with Crippen LogP contribution in [0.4, 0.5) is 0 Å². The number of para-hydroxylation sites is 1. The highest BCUT2D eigenvalue weighted by molar-refractivity contribution is 5.97. The molecule has 0 spiro atoms. The molecule has 1 heterocycles. The third-order valence-electron chi connectivity index (χ3n) is 6.17. The molecule has 1 aromatic heterocycles. The molecule has 1 aromatic carbocycles. The van der Waals surface area contributed by atoms with Crippen LogP contribution in [0.2, 0.25) is 0 Å². The van der Waals surface area contributed by atoms with Crippen LogP contribution in [0.5, 0.6) is 17.2 Å². The maximum Gasteiger partial charge on any atom is 0.305 e. The van der Waals surface area contributed by atoms with E-state index in [4.69, 9.17) is 23.7 Å². The first kappa shape index (κ1) is 29.6. The Morgan fingerprint density at radius 1 is 1.18 bits per heavy atom. The Bertz CT molecular complexity index is 1150. The van der Waals surface area contributed by atoms with E-state index >= 15 is 0 Å². The molecule has 0 radical (unpaired) electrons. The number of benzene rings is 1. The van der Waals surface area contributed by atoms with E-state index in [1.807, 2.05) is 37.3 Å². The number of ether oxygens (including phenoxy) is 5. The molecule has 10 nitrogen and oxygen atoms in total. The van der Waals surface area contributed by atoms with Crippen molar-refractivity contribution in [3.05, 3.63) is 59.9 Å². The van der Waals surface area contributed by atoms with E-state index in [-0.39, 0.29) is 29.9 Å². The summed E-state index contributed by atoms with van der Waals surface area (Å²) in [6.07, 6.45) is 7.38. The van der Waals surface area contributed by atoms with Crippen LogP contribution in [0, 0.1) is 0 Å². The molecule has 1 aliphatic carbocycles. The second-order valence-corrected chi connectivity index (χ2v) is 9.47. The maximum absolute atomic E-state index is 13.3. The number of amides is 1. The molecule has 2 aromatic rings. The number of methoxy groups -OCH3 is 1. The van der Waals surface area contributed by atoms with Crippen molar-refractivity contribution < 1.29 is 38.1 Å². The summed E-state index contributed by atoms with van der Waals surface area (Å²) in [4.78, 5) is 40.7. The fourth-order valence-electron chi connectivity index (χ4n) is 4.19. The number of nitrogens with zero attached hydrogens (tertiary/aromatic N) is 1. The van der Waals surface area contributed by atoms with E-state index in [9.17, 15) is 14.4 Å². The summed E-state index contributed by atoms with van der Waals surface area (Å²) in [5.74, 6) is -0.341. The van der Waals surface area contributed by atoms with Gasteiger partial charge in [-0.1, -0.05) is 24.3 Å². The third kappa shape index (κ3) is 8.54. The molecule has 0 saturated carbocycles. The van der Waals surface area contributed by atoms with Crippen LogP contribution < -0.4 is 19.5 Å². The highest BCUT2D eigenvalue weighted by Gasteiger charge is 2.33. The molecule has 0 unspecified atom stereocenters. The Labute approximate surface area is 228 Å². The summed E-state index contributed by atoms with van der Waals surface area (Å²) in [6, 6.07) is 11.0. The molecule has 0 saturated heterocycles. The van der Waals surface area contributed by atoms with Crippen LogP contribution in [0.3, 0.4) is 0 Å². The minimum absolute atomic E-state index is 0.0250.